The van der Waals surface area contributed by atoms with Crippen LogP contribution in [0.25, 0.3) is 6.08 Å². The fourth-order valence-electron chi connectivity index (χ4n) is 2.82. The van der Waals surface area contributed by atoms with Crippen molar-refractivity contribution in [2.75, 3.05) is 20.2 Å². The maximum Gasteiger partial charge on any atom is 0.311 e. The van der Waals surface area contributed by atoms with Crippen molar-refractivity contribution in [2.45, 2.75) is 0 Å². The number of ether oxygens (including phenoxy) is 1. The quantitative estimate of drug-likeness (QED) is 0.343. The summed E-state index contributed by atoms with van der Waals surface area (Å²) in [5.41, 5.74) is 0.192. The molecule has 1 N–H and O–H groups in total. The summed E-state index contributed by atoms with van der Waals surface area (Å²) in [7, 11) is 1.28. The molecule has 0 saturated carbocycles. The van der Waals surface area contributed by atoms with Gasteiger partial charge in [0, 0.05) is 24.7 Å². The van der Waals surface area contributed by atoms with Gasteiger partial charge >= 0.3 is 5.69 Å². The molecule has 3 amide bonds. The molecule has 3 rings (SSSR count). The summed E-state index contributed by atoms with van der Waals surface area (Å²) in [6, 6.07) is 8.71. The Labute approximate surface area is 196 Å². The lowest BCUT2D eigenvalue weighted by Gasteiger charge is -2.13. The van der Waals surface area contributed by atoms with Gasteiger partial charge in [-0.1, -0.05) is 35.3 Å². The SMILES string of the molecule is COc1ccc(C(=O)NCCN2C(=O)S/C(=C\c3cccc(Cl)c3Cl)C2=O)cc1[N+](=O)[O-]. The van der Waals surface area contributed by atoms with Gasteiger partial charge in [-0.15, -0.1) is 0 Å². The van der Waals surface area contributed by atoms with Crippen LogP contribution in [0, 0.1) is 10.1 Å². The molecule has 166 valence electrons. The molecular weight excluding hydrogens is 481 g/mol. The Morgan fingerprint density at radius 1 is 1.28 bits per heavy atom. The molecule has 0 unspecified atom stereocenters. The van der Waals surface area contributed by atoms with E-state index in [0.717, 1.165) is 22.7 Å². The van der Waals surface area contributed by atoms with Crippen molar-refractivity contribution < 1.29 is 24.0 Å². The zero-order valence-corrected chi connectivity index (χ0v) is 18.8. The van der Waals surface area contributed by atoms with Crippen LogP contribution in [0.1, 0.15) is 15.9 Å². The van der Waals surface area contributed by atoms with E-state index in [1.54, 1.807) is 18.2 Å². The van der Waals surface area contributed by atoms with Crippen molar-refractivity contribution in [1.29, 1.82) is 0 Å². The molecule has 0 bridgehead atoms. The molecule has 0 aliphatic carbocycles. The van der Waals surface area contributed by atoms with Crippen molar-refractivity contribution >= 4 is 63.8 Å². The Balaban J connectivity index is 1.64. The molecule has 1 heterocycles. The molecule has 2 aromatic rings. The molecule has 2 aromatic carbocycles. The number of nitro groups is 1. The smallest absolute Gasteiger partial charge is 0.311 e. The van der Waals surface area contributed by atoms with Crippen LogP contribution in [-0.2, 0) is 4.79 Å². The number of nitro benzene ring substituents is 1. The van der Waals surface area contributed by atoms with E-state index in [2.05, 4.69) is 5.32 Å². The third-order valence-corrected chi connectivity index (χ3v) is 6.14. The van der Waals surface area contributed by atoms with E-state index in [1.807, 2.05) is 0 Å². The molecule has 1 aliphatic heterocycles. The second-order valence-electron chi connectivity index (χ2n) is 6.38. The predicted molar refractivity (Wildman–Crippen MR) is 121 cm³/mol. The third-order valence-electron chi connectivity index (χ3n) is 4.40. The topological polar surface area (TPSA) is 119 Å². The summed E-state index contributed by atoms with van der Waals surface area (Å²) in [5.74, 6) is -1.09. The van der Waals surface area contributed by atoms with E-state index in [9.17, 15) is 24.5 Å². The van der Waals surface area contributed by atoms with Gasteiger partial charge in [-0.25, -0.2) is 0 Å². The summed E-state index contributed by atoms with van der Waals surface area (Å²) in [6.07, 6.45) is 1.48. The Hall–Kier alpha value is -3.08. The first kappa shape index (κ1) is 23.6. The number of rotatable bonds is 7. The summed E-state index contributed by atoms with van der Waals surface area (Å²) in [4.78, 5) is 48.8. The average Bonchev–Trinajstić information content (AvgIpc) is 3.03. The minimum Gasteiger partial charge on any atom is -0.490 e. The van der Waals surface area contributed by atoms with Gasteiger partial charge in [0.2, 0.25) is 0 Å². The zero-order chi connectivity index (χ0) is 23.4. The van der Waals surface area contributed by atoms with Crippen LogP contribution in [0.5, 0.6) is 5.75 Å². The van der Waals surface area contributed by atoms with Gasteiger partial charge in [-0.05, 0) is 41.6 Å². The van der Waals surface area contributed by atoms with Gasteiger partial charge < -0.3 is 10.1 Å². The van der Waals surface area contributed by atoms with Crippen LogP contribution in [0.3, 0.4) is 0 Å². The molecule has 1 fully saturated rings. The Bertz CT molecular complexity index is 1150. The lowest BCUT2D eigenvalue weighted by molar-refractivity contribution is -0.385. The van der Waals surface area contributed by atoms with E-state index in [0.29, 0.717) is 10.6 Å². The van der Waals surface area contributed by atoms with Gasteiger partial charge in [0.1, 0.15) is 0 Å². The van der Waals surface area contributed by atoms with E-state index in [-0.39, 0.29) is 40.0 Å². The van der Waals surface area contributed by atoms with Crippen LogP contribution >= 0.6 is 35.0 Å². The lowest BCUT2D eigenvalue weighted by Crippen LogP contribution is -2.37. The van der Waals surface area contributed by atoms with Crippen molar-refractivity contribution in [3.8, 4) is 5.75 Å². The standard InChI is InChI=1S/C20H15Cl2N3O6S/c1-31-15-6-5-12(9-14(15)25(29)30)18(26)23-7-8-24-19(27)16(32-20(24)28)10-11-3-2-4-13(21)17(11)22/h2-6,9-10H,7-8H2,1H3,(H,23,26)/b16-10-. The lowest BCUT2D eigenvalue weighted by atomic mass is 10.1. The molecule has 32 heavy (non-hydrogen) atoms. The summed E-state index contributed by atoms with van der Waals surface area (Å²) < 4.78 is 4.90. The fourth-order valence-corrected chi connectivity index (χ4v) is 4.04. The third kappa shape index (κ3) is 5.04. The number of amides is 3. The Morgan fingerprint density at radius 3 is 2.72 bits per heavy atom. The number of hydrogen-bond donors (Lipinski definition) is 1. The normalized spacial score (nSPS) is 14.7. The highest BCUT2D eigenvalue weighted by Gasteiger charge is 2.35. The first-order chi connectivity index (χ1) is 15.2. The minimum absolute atomic E-state index is 0.0240. The number of carbonyl (C=O) groups excluding carboxylic acids is 3. The largest absolute Gasteiger partial charge is 0.490 e. The average molecular weight is 496 g/mol. The number of nitrogens with one attached hydrogen (secondary N) is 1. The predicted octanol–water partition coefficient (Wildman–Crippen LogP) is 4.38. The molecule has 12 heteroatoms. The molecule has 1 aliphatic rings. The monoisotopic (exact) mass is 495 g/mol. The maximum absolute atomic E-state index is 12.6. The second kappa shape index (κ2) is 10.0. The molecule has 0 radical (unpaired) electrons. The van der Waals surface area contributed by atoms with Crippen molar-refractivity contribution in [1.82, 2.24) is 10.2 Å². The highest BCUT2D eigenvalue weighted by Crippen LogP contribution is 2.35. The van der Waals surface area contributed by atoms with Crippen LogP contribution in [0.2, 0.25) is 10.0 Å². The number of benzene rings is 2. The highest BCUT2D eigenvalue weighted by molar-refractivity contribution is 8.18. The summed E-state index contributed by atoms with van der Waals surface area (Å²) in [5, 5.41) is 13.7. The van der Waals surface area contributed by atoms with E-state index >= 15 is 0 Å². The van der Waals surface area contributed by atoms with Crippen molar-refractivity contribution in [3.63, 3.8) is 0 Å². The van der Waals surface area contributed by atoms with Crippen molar-refractivity contribution in [3.05, 3.63) is 72.6 Å². The molecule has 0 spiro atoms. The van der Waals surface area contributed by atoms with E-state index in [1.165, 1.54) is 25.3 Å². The Kier molecular flexibility index (Phi) is 7.39. The second-order valence-corrected chi connectivity index (χ2v) is 8.15. The number of hydrogen-bond acceptors (Lipinski definition) is 7. The van der Waals surface area contributed by atoms with Crippen LogP contribution in [0.15, 0.2) is 41.3 Å². The minimum atomic E-state index is -0.658. The zero-order valence-electron chi connectivity index (χ0n) is 16.5. The molecule has 1 saturated heterocycles. The first-order valence-corrected chi connectivity index (χ1v) is 10.6. The summed E-state index contributed by atoms with van der Waals surface area (Å²) in [6.45, 7) is -0.114. The number of thioether (sulfide) groups is 1. The van der Waals surface area contributed by atoms with Crippen LogP contribution in [0.4, 0.5) is 10.5 Å². The first-order valence-electron chi connectivity index (χ1n) is 9.03. The number of methoxy groups -OCH3 is 1. The van der Waals surface area contributed by atoms with Gasteiger partial charge in [-0.3, -0.25) is 29.4 Å². The molecular formula is C20H15Cl2N3O6S. The number of halogens is 2. The molecule has 9 nitrogen and oxygen atoms in total. The number of carbonyl (C=O) groups is 3. The van der Waals surface area contributed by atoms with Gasteiger partial charge in [0.25, 0.3) is 17.1 Å². The van der Waals surface area contributed by atoms with Crippen LogP contribution < -0.4 is 10.1 Å². The number of imide groups is 1. The molecule has 0 atom stereocenters. The Morgan fingerprint density at radius 2 is 2.03 bits per heavy atom. The highest BCUT2D eigenvalue weighted by atomic mass is 35.5. The van der Waals surface area contributed by atoms with Gasteiger partial charge in [0.05, 0.1) is 27.0 Å². The van der Waals surface area contributed by atoms with Gasteiger partial charge in [0.15, 0.2) is 5.75 Å². The maximum atomic E-state index is 12.6. The molecule has 0 aromatic heterocycles. The fraction of sp³-hybridized carbons (Fsp3) is 0.150. The number of nitrogens with zero attached hydrogens (tertiary/aromatic N) is 2. The van der Waals surface area contributed by atoms with Crippen LogP contribution in [-0.4, -0.2) is 47.1 Å². The van der Waals surface area contributed by atoms with E-state index < -0.39 is 22.0 Å². The van der Waals surface area contributed by atoms with Crippen molar-refractivity contribution in [2.24, 2.45) is 0 Å². The van der Waals surface area contributed by atoms with Gasteiger partial charge in [-0.2, -0.15) is 0 Å². The summed E-state index contributed by atoms with van der Waals surface area (Å²) >= 11 is 12.8. The van der Waals surface area contributed by atoms with E-state index in [4.69, 9.17) is 27.9 Å².